The maximum atomic E-state index is 12.6. The summed E-state index contributed by atoms with van der Waals surface area (Å²) in [6, 6.07) is 17.7. The summed E-state index contributed by atoms with van der Waals surface area (Å²) in [5.74, 6) is 0.690. The molecule has 5 nitrogen and oxygen atoms in total. The van der Waals surface area contributed by atoms with Crippen LogP contribution in [0.3, 0.4) is 0 Å². The Kier molecular flexibility index (Phi) is 6.12. The van der Waals surface area contributed by atoms with Gasteiger partial charge in [-0.25, -0.2) is 4.79 Å². The van der Waals surface area contributed by atoms with Crippen LogP contribution in [-0.4, -0.2) is 50.8 Å². The van der Waals surface area contributed by atoms with Crippen molar-refractivity contribution in [2.75, 3.05) is 44.8 Å². The Labute approximate surface area is 155 Å². The second kappa shape index (κ2) is 8.72. The van der Waals surface area contributed by atoms with Crippen molar-refractivity contribution in [2.24, 2.45) is 0 Å². The topological polar surface area (TPSA) is 42.0 Å². The highest BCUT2D eigenvalue weighted by Crippen LogP contribution is 2.26. The van der Waals surface area contributed by atoms with Crippen molar-refractivity contribution in [1.29, 1.82) is 0 Å². The summed E-state index contributed by atoms with van der Waals surface area (Å²) < 4.78 is 10.6. The second-order valence-electron chi connectivity index (χ2n) is 6.29. The Morgan fingerprint density at radius 1 is 1.00 bits per heavy atom. The van der Waals surface area contributed by atoms with E-state index in [2.05, 4.69) is 21.9 Å². The van der Waals surface area contributed by atoms with E-state index in [1.54, 1.807) is 7.11 Å². The average Bonchev–Trinajstić information content (AvgIpc) is 2.70. The number of anilines is 1. The standard InChI is InChI=1S/C21H26N2O3/c1-3-26-21(24)20(17-7-5-4-6-8-17)23-15-13-22(14-16-23)18-9-11-19(25-2)12-10-18/h4-12,20H,3,13-16H2,1-2H3/t20-/m0/s1. The van der Waals surface area contributed by atoms with Crippen molar-refractivity contribution >= 4 is 11.7 Å². The molecule has 26 heavy (non-hydrogen) atoms. The molecule has 0 saturated carbocycles. The van der Waals surface area contributed by atoms with E-state index in [0.717, 1.165) is 37.5 Å². The number of rotatable bonds is 6. The number of carbonyl (C=O) groups is 1. The van der Waals surface area contributed by atoms with Crippen LogP contribution in [0.2, 0.25) is 0 Å². The fraction of sp³-hybridized carbons (Fsp3) is 0.381. The molecule has 0 spiro atoms. The molecule has 138 valence electrons. The van der Waals surface area contributed by atoms with E-state index in [0.29, 0.717) is 6.61 Å². The van der Waals surface area contributed by atoms with Gasteiger partial charge in [0.2, 0.25) is 0 Å². The van der Waals surface area contributed by atoms with Gasteiger partial charge in [-0.2, -0.15) is 0 Å². The highest BCUT2D eigenvalue weighted by molar-refractivity contribution is 5.77. The molecule has 3 rings (SSSR count). The zero-order valence-corrected chi connectivity index (χ0v) is 15.4. The molecule has 0 amide bonds. The van der Waals surface area contributed by atoms with Gasteiger partial charge in [-0.05, 0) is 36.8 Å². The third-order valence-electron chi connectivity index (χ3n) is 4.74. The van der Waals surface area contributed by atoms with Crippen LogP contribution in [0.5, 0.6) is 5.75 Å². The van der Waals surface area contributed by atoms with Gasteiger partial charge >= 0.3 is 5.97 Å². The molecule has 5 heteroatoms. The molecule has 0 radical (unpaired) electrons. The molecule has 1 fully saturated rings. The lowest BCUT2D eigenvalue weighted by Crippen LogP contribution is -2.49. The van der Waals surface area contributed by atoms with Gasteiger partial charge in [-0.1, -0.05) is 30.3 Å². The van der Waals surface area contributed by atoms with Gasteiger partial charge in [0.1, 0.15) is 11.8 Å². The summed E-state index contributed by atoms with van der Waals surface area (Å²) in [7, 11) is 1.67. The highest BCUT2D eigenvalue weighted by atomic mass is 16.5. The normalized spacial score (nSPS) is 16.2. The maximum Gasteiger partial charge on any atom is 0.328 e. The van der Waals surface area contributed by atoms with Crippen LogP contribution in [-0.2, 0) is 9.53 Å². The molecule has 1 aliphatic rings. The van der Waals surface area contributed by atoms with Crippen LogP contribution in [0, 0.1) is 0 Å². The fourth-order valence-electron chi connectivity index (χ4n) is 3.38. The van der Waals surface area contributed by atoms with Gasteiger partial charge in [-0.3, -0.25) is 4.90 Å². The molecular formula is C21H26N2O3. The smallest absolute Gasteiger partial charge is 0.328 e. The summed E-state index contributed by atoms with van der Waals surface area (Å²) in [5, 5.41) is 0. The summed E-state index contributed by atoms with van der Waals surface area (Å²) in [4.78, 5) is 17.1. The van der Waals surface area contributed by atoms with Crippen LogP contribution < -0.4 is 9.64 Å². The van der Waals surface area contributed by atoms with Crippen LogP contribution in [0.4, 0.5) is 5.69 Å². The second-order valence-corrected chi connectivity index (χ2v) is 6.29. The summed E-state index contributed by atoms with van der Waals surface area (Å²) in [6.07, 6.45) is 0. The SMILES string of the molecule is CCOC(=O)[C@H](c1ccccc1)N1CCN(c2ccc(OC)cc2)CC1. The first-order chi connectivity index (χ1) is 12.7. The van der Waals surface area contributed by atoms with E-state index in [1.165, 1.54) is 5.69 Å². The first-order valence-electron chi connectivity index (χ1n) is 9.07. The lowest BCUT2D eigenvalue weighted by Gasteiger charge is -2.39. The largest absolute Gasteiger partial charge is 0.497 e. The van der Waals surface area contributed by atoms with E-state index in [9.17, 15) is 4.79 Å². The average molecular weight is 354 g/mol. The number of ether oxygens (including phenoxy) is 2. The summed E-state index contributed by atoms with van der Waals surface area (Å²) in [6.45, 7) is 5.61. The van der Waals surface area contributed by atoms with Crippen molar-refractivity contribution in [2.45, 2.75) is 13.0 Å². The number of methoxy groups -OCH3 is 1. The number of carbonyl (C=O) groups excluding carboxylic acids is 1. The van der Waals surface area contributed by atoms with Crippen LogP contribution in [0.25, 0.3) is 0 Å². The maximum absolute atomic E-state index is 12.6. The van der Waals surface area contributed by atoms with E-state index in [-0.39, 0.29) is 12.0 Å². The first-order valence-corrected chi connectivity index (χ1v) is 9.07. The lowest BCUT2D eigenvalue weighted by atomic mass is 10.0. The van der Waals surface area contributed by atoms with Crippen molar-refractivity contribution in [3.05, 3.63) is 60.2 Å². The molecule has 0 N–H and O–H groups in total. The zero-order valence-electron chi connectivity index (χ0n) is 15.4. The van der Waals surface area contributed by atoms with Crippen LogP contribution in [0.15, 0.2) is 54.6 Å². The highest BCUT2D eigenvalue weighted by Gasteiger charge is 2.31. The molecule has 0 aromatic heterocycles. The van der Waals surface area contributed by atoms with E-state index in [4.69, 9.17) is 9.47 Å². The van der Waals surface area contributed by atoms with Gasteiger partial charge in [0.15, 0.2) is 0 Å². The van der Waals surface area contributed by atoms with Gasteiger partial charge < -0.3 is 14.4 Å². The number of hydrogen-bond acceptors (Lipinski definition) is 5. The molecule has 1 saturated heterocycles. The number of benzene rings is 2. The van der Waals surface area contributed by atoms with Crippen molar-refractivity contribution in [1.82, 2.24) is 4.90 Å². The van der Waals surface area contributed by atoms with Crippen LogP contribution >= 0.6 is 0 Å². The quantitative estimate of drug-likeness (QED) is 0.746. The third-order valence-corrected chi connectivity index (χ3v) is 4.74. The van der Waals surface area contributed by atoms with E-state index < -0.39 is 0 Å². The number of esters is 1. The Morgan fingerprint density at radius 2 is 1.65 bits per heavy atom. The minimum Gasteiger partial charge on any atom is -0.497 e. The summed E-state index contributed by atoms with van der Waals surface area (Å²) >= 11 is 0. The van der Waals surface area contributed by atoms with Gasteiger partial charge in [-0.15, -0.1) is 0 Å². The van der Waals surface area contributed by atoms with E-state index >= 15 is 0 Å². The minimum absolute atomic E-state index is 0.170. The van der Waals surface area contributed by atoms with Gasteiger partial charge in [0.05, 0.1) is 13.7 Å². The molecule has 1 heterocycles. The van der Waals surface area contributed by atoms with Crippen LogP contribution in [0.1, 0.15) is 18.5 Å². The predicted molar refractivity (Wildman–Crippen MR) is 103 cm³/mol. The number of piperazine rings is 1. The number of hydrogen-bond donors (Lipinski definition) is 0. The van der Waals surface area contributed by atoms with Gasteiger partial charge in [0.25, 0.3) is 0 Å². The Hall–Kier alpha value is -2.53. The Balaban J connectivity index is 1.70. The predicted octanol–water partition coefficient (Wildman–Crippen LogP) is 3.12. The Bertz CT molecular complexity index is 695. The molecule has 2 aromatic rings. The first kappa shape index (κ1) is 18.3. The minimum atomic E-state index is -0.339. The molecule has 0 unspecified atom stereocenters. The monoisotopic (exact) mass is 354 g/mol. The molecule has 2 aromatic carbocycles. The molecular weight excluding hydrogens is 328 g/mol. The molecule has 0 bridgehead atoms. The molecule has 1 aliphatic heterocycles. The fourth-order valence-corrected chi connectivity index (χ4v) is 3.38. The van der Waals surface area contributed by atoms with Crippen molar-refractivity contribution in [3.63, 3.8) is 0 Å². The zero-order chi connectivity index (χ0) is 18.4. The molecule has 1 atom stereocenters. The summed E-state index contributed by atoms with van der Waals surface area (Å²) in [5.41, 5.74) is 2.17. The Morgan fingerprint density at radius 3 is 2.23 bits per heavy atom. The lowest BCUT2D eigenvalue weighted by molar-refractivity contribution is -0.150. The third kappa shape index (κ3) is 4.17. The molecule has 0 aliphatic carbocycles. The van der Waals surface area contributed by atoms with Gasteiger partial charge in [0, 0.05) is 31.9 Å². The van der Waals surface area contributed by atoms with Crippen molar-refractivity contribution in [3.8, 4) is 5.75 Å². The number of nitrogens with zero attached hydrogens (tertiary/aromatic N) is 2. The van der Waals surface area contributed by atoms with E-state index in [1.807, 2.05) is 49.4 Å². The van der Waals surface area contributed by atoms with Crippen molar-refractivity contribution < 1.29 is 14.3 Å².